The summed E-state index contributed by atoms with van der Waals surface area (Å²) in [4.78, 5) is 17.5. The van der Waals surface area contributed by atoms with Crippen LogP contribution in [0.5, 0.6) is 5.75 Å². The number of rotatable bonds is 6. The number of halogens is 1. The summed E-state index contributed by atoms with van der Waals surface area (Å²) in [6, 6.07) is 18.0. The first-order valence-electron chi connectivity index (χ1n) is 12.9. The van der Waals surface area contributed by atoms with Crippen LogP contribution in [-0.4, -0.2) is 18.0 Å². The Morgan fingerprint density at radius 2 is 1.92 bits per heavy atom. The molecule has 0 radical (unpaired) electrons. The summed E-state index contributed by atoms with van der Waals surface area (Å²) in [6.07, 6.45) is 3.73. The molecule has 39 heavy (non-hydrogen) atoms. The minimum atomic E-state index is -5.17. The number of aromatic nitrogens is 2. The molecule has 1 aliphatic rings. The molecule has 6 rings (SSSR count). The number of hydrogen-bond donors (Lipinski definition) is 1. The van der Waals surface area contributed by atoms with Crippen molar-refractivity contribution >= 4 is 43.3 Å². The molecular formula is C30H26FN3O4S. The average molecular weight is 544 g/mol. The van der Waals surface area contributed by atoms with Gasteiger partial charge in [-0.25, -0.2) is 0 Å². The summed E-state index contributed by atoms with van der Waals surface area (Å²) in [5, 5.41) is 11.4. The lowest BCUT2D eigenvalue weighted by Gasteiger charge is -2.31. The van der Waals surface area contributed by atoms with E-state index in [1.54, 1.807) is 18.2 Å². The number of H-pyrrole nitrogens is 1. The maximum atomic E-state index is 14.1. The van der Waals surface area contributed by atoms with Crippen molar-refractivity contribution in [2.24, 2.45) is 5.92 Å². The fourth-order valence-electron chi connectivity index (χ4n) is 5.66. The summed E-state index contributed by atoms with van der Waals surface area (Å²) in [7, 11) is -5.17. The summed E-state index contributed by atoms with van der Waals surface area (Å²) >= 11 is 0. The molecule has 2 aromatic heterocycles. The lowest BCUT2D eigenvalue weighted by molar-refractivity contribution is 0.327. The maximum Gasteiger partial charge on any atom is 0.488 e. The molecule has 1 N–H and O–H groups in total. The molecule has 7 nitrogen and oxygen atoms in total. The van der Waals surface area contributed by atoms with Crippen LogP contribution in [0.2, 0.25) is 0 Å². The number of benzene rings is 3. The molecule has 0 saturated heterocycles. The van der Waals surface area contributed by atoms with Crippen LogP contribution in [0.15, 0.2) is 59.4 Å². The second-order valence-corrected chi connectivity index (χ2v) is 11.6. The van der Waals surface area contributed by atoms with Gasteiger partial charge in [0.1, 0.15) is 11.4 Å². The van der Waals surface area contributed by atoms with E-state index in [1.807, 2.05) is 24.3 Å². The van der Waals surface area contributed by atoms with E-state index in [0.29, 0.717) is 28.3 Å². The fourth-order valence-corrected chi connectivity index (χ4v) is 6.00. The van der Waals surface area contributed by atoms with Gasteiger partial charge >= 0.3 is 10.5 Å². The molecule has 9 heteroatoms. The van der Waals surface area contributed by atoms with Crippen molar-refractivity contribution < 1.29 is 16.5 Å². The molecule has 1 saturated carbocycles. The molecule has 1 aliphatic carbocycles. The number of nitriles is 1. The highest BCUT2D eigenvalue weighted by Gasteiger charge is 2.26. The largest absolute Gasteiger partial charge is 0.488 e. The van der Waals surface area contributed by atoms with E-state index in [0.717, 1.165) is 52.5 Å². The molecule has 0 spiro atoms. The quantitative estimate of drug-likeness (QED) is 0.240. The lowest BCUT2D eigenvalue weighted by Crippen LogP contribution is -2.21. The first-order chi connectivity index (χ1) is 18.6. The predicted octanol–water partition coefficient (Wildman–Crippen LogP) is 6.69. The Morgan fingerprint density at radius 1 is 1.13 bits per heavy atom. The summed E-state index contributed by atoms with van der Waals surface area (Å²) in [6.45, 7) is 4.18. The standard InChI is InChI=1S/C30H26FN3O4S/c1-17(2)11-20-14-25-27(15-24(20)19-5-3-8-22(13-19)38-39(31,36)37)34(21-6-4-7-21)30-28(29(25)35)23-10-9-18(16-32)12-26(23)33-30/h3,5,8-10,12-15,17,21,33H,4,6-7,11H2,1-2H3. The average Bonchev–Trinajstić information content (AvgIpc) is 3.22. The van der Waals surface area contributed by atoms with Crippen LogP contribution in [-0.2, 0) is 16.9 Å². The van der Waals surface area contributed by atoms with E-state index in [9.17, 15) is 22.4 Å². The third kappa shape index (κ3) is 4.45. The van der Waals surface area contributed by atoms with Crippen molar-refractivity contribution in [3.63, 3.8) is 0 Å². The van der Waals surface area contributed by atoms with Gasteiger partial charge in [0.2, 0.25) is 0 Å². The van der Waals surface area contributed by atoms with Crippen molar-refractivity contribution in [3.8, 4) is 22.9 Å². The van der Waals surface area contributed by atoms with E-state index in [2.05, 4.69) is 33.7 Å². The van der Waals surface area contributed by atoms with Crippen LogP contribution in [0.1, 0.15) is 50.3 Å². The van der Waals surface area contributed by atoms with E-state index in [1.165, 1.54) is 12.1 Å². The van der Waals surface area contributed by atoms with Gasteiger partial charge in [0.15, 0.2) is 5.43 Å². The van der Waals surface area contributed by atoms with Gasteiger partial charge in [0.05, 0.1) is 22.5 Å². The minimum Gasteiger partial charge on any atom is -0.358 e. The van der Waals surface area contributed by atoms with Crippen LogP contribution < -0.4 is 9.61 Å². The predicted molar refractivity (Wildman–Crippen MR) is 150 cm³/mol. The third-order valence-electron chi connectivity index (χ3n) is 7.51. The van der Waals surface area contributed by atoms with Crippen molar-refractivity contribution in [2.45, 2.75) is 45.6 Å². The number of nitrogens with zero attached hydrogens (tertiary/aromatic N) is 2. The number of fused-ring (bicyclic) bond motifs is 4. The molecule has 0 unspecified atom stereocenters. The molecular weight excluding hydrogens is 517 g/mol. The Hall–Kier alpha value is -4.16. The number of aromatic amines is 1. The van der Waals surface area contributed by atoms with Gasteiger partial charge < -0.3 is 13.7 Å². The van der Waals surface area contributed by atoms with E-state index < -0.39 is 10.5 Å². The molecule has 198 valence electrons. The number of pyridine rings is 1. The van der Waals surface area contributed by atoms with Crippen LogP contribution in [0.3, 0.4) is 0 Å². The zero-order chi connectivity index (χ0) is 27.5. The Bertz CT molecular complexity index is 2000. The van der Waals surface area contributed by atoms with Crippen LogP contribution in [0.25, 0.3) is 44.0 Å². The zero-order valence-electron chi connectivity index (χ0n) is 21.5. The summed E-state index contributed by atoms with van der Waals surface area (Å²) < 4.78 is 42.2. The Kier molecular flexibility index (Phi) is 5.96. The monoisotopic (exact) mass is 543 g/mol. The second kappa shape index (κ2) is 9.24. The number of nitrogens with one attached hydrogen (secondary N) is 1. The van der Waals surface area contributed by atoms with Crippen LogP contribution in [0.4, 0.5) is 3.89 Å². The summed E-state index contributed by atoms with van der Waals surface area (Å²) in [5.41, 5.74) is 5.10. The Balaban J connectivity index is 1.69. The fraction of sp³-hybridized carbons (Fsp3) is 0.267. The second-order valence-electron chi connectivity index (χ2n) is 10.6. The molecule has 0 amide bonds. The molecule has 2 heterocycles. The van der Waals surface area contributed by atoms with E-state index >= 15 is 0 Å². The van der Waals surface area contributed by atoms with E-state index in [4.69, 9.17) is 0 Å². The molecule has 1 fully saturated rings. The highest BCUT2D eigenvalue weighted by atomic mass is 32.3. The Labute approximate surface area is 224 Å². The van der Waals surface area contributed by atoms with Crippen LogP contribution >= 0.6 is 0 Å². The molecule has 0 aliphatic heterocycles. The molecule has 3 aromatic carbocycles. The third-order valence-corrected chi connectivity index (χ3v) is 7.90. The highest BCUT2D eigenvalue weighted by molar-refractivity contribution is 7.81. The van der Waals surface area contributed by atoms with Gasteiger partial charge in [0, 0.05) is 22.3 Å². The van der Waals surface area contributed by atoms with Gasteiger partial charge in [-0.3, -0.25) is 4.79 Å². The molecule has 5 aromatic rings. The normalized spacial score (nSPS) is 14.2. The van der Waals surface area contributed by atoms with Gasteiger partial charge in [0.25, 0.3) is 0 Å². The van der Waals surface area contributed by atoms with Crippen molar-refractivity contribution in [1.29, 1.82) is 5.26 Å². The maximum absolute atomic E-state index is 14.1. The molecule has 0 atom stereocenters. The minimum absolute atomic E-state index is 0.0799. The first kappa shape index (κ1) is 25.1. The zero-order valence-corrected chi connectivity index (χ0v) is 22.3. The lowest BCUT2D eigenvalue weighted by atomic mass is 9.89. The highest BCUT2D eigenvalue weighted by Crippen LogP contribution is 2.40. The smallest absolute Gasteiger partial charge is 0.358 e. The van der Waals surface area contributed by atoms with Gasteiger partial charge in [-0.05, 0) is 84.7 Å². The molecule has 0 bridgehead atoms. The summed E-state index contributed by atoms with van der Waals surface area (Å²) in [5.74, 6) is 0.156. The SMILES string of the molecule is CC(C)Cc1cc2c(=O)c3c4ccc(C#N)cc4[nH]c3n(C3CCC3)c2cc1-c1cccc(OS(=O)(=O)F)c1. The van der Waals surface area contributed by atoms with Crippen LogP contribution in [0, 0.1) is 17.2 Å². The first-order valence-corrected chi connectivity index (χ1v) is 14.2. The van der Waals surface area contributed by atoms with Crippen molar-refractivity contribution in [1.82, 2.24) is 9.55 Å². The Morgan fingerprint density at radius 3 is 2.59 bits per heavy atom. The van der Waals surface area contributed by atoms with Crippen molar-refractivity contribution in [2.75, 3.05) is 0 Å². The van der Waals surface area contributed by atoms with E-state index in [-0.39, 0.29) is 23.1 Å². The number of hydrogen-bond acceptors (Lipinski definition) is 5. The van der Waals surface area contributed by atoms with Gasteiger partial charge in [-0.15, -0.1) is 0 Å². The topological polar surface area (TPSA) is 105 Å². The van der Waals surface area contributed by atoms with Crippen molar-refractivity contribution in [3.05, 3.63) is 75.9 Å². The van der Waals surface area contributed by atoms with Gasteiger partial charge in [-0.2, -0.15) is 13.7 Å². The van der Waals surface area contributed by atoms with Gasteiger partial charge in [-0.1, -0.05) is 35.9 Å².